The first-order chi connectivity index (χ1) is 14.0. The van der Waals surface area contributed by atoms with Crippen LogP contribution in [-0.2, 0) is 0 Å². The second-order valence-corrected chi connectivity index (χ2v) is 11.5. The van der Waals surface area contributed by atoms with Crippen LogP contribution in [-0.4, -0.2) is 8.07 Å². The molecule has 1 aliphatic heterocycles. The third kappa shape index (κ3) is 2.47. The molecule has 0 saturated heterocycles. The minimum absolute atomic E-state index is 0.249. The summed E-state index contributed by atoms with van der Waals surface area (Å²) in [7, 11) is -2.67. The van der Waals surface area contributed by atoms with Crippen molar-refractivity contribution in [2.45, 2.75) is 13.8 Å². The van der Waals surface area contributed by atoms with Crippen molar-refractivity contribution in [1.82, 2.24) is 0 Å². The molecule has 0 unspecified atom stereocenters. The lowest BCUT2D eigenvalue weighted by Gasteiger charge is -2.31. The first kappa shape index (κ1) is 18.0. The second kappa shape index (κ2) is 6.50. The van der Waals surface area contributed by atoms with Crippen LogP contribution in [0.5, 0.6) is 0 Å². The van der Waals surface area contributed by atoms with E-state index in [1.165, 1.54) is 10.4 Å². The molecule has 1 heterocycles. The Morgan fingerprint density at radius 1 is 0.552 bits per heavy atom. The van der Waals surface area contributed by atoms with Crippen molar-refractivity contribution in [2.75, 3.05) is 0 Å². The Kier molecular flexibility index (Phi) is 4.04. The highest BCUT2D eigenvalue weighted by Crippen LogP contribution is 2.31. The van der Waals surface area contributed by atoms with E-state index < -0.39 is 8.07 Å². The van der Waals surface area contributed by atoms with Gasteiger partial charge in [0, 0.05) is 0 Å². The van der Waals surface area contributed by atoms with Gasteiger partial charge in [-0.1, -0.05) is 72.8 Å². The molecule has 0 nitrogen and oxygen atoms in total. The monoisotopic (exact) mass is 398 g/mol. The molecular formula is C26H20F2Si. The molecule has 29 heavy (non-hydrogen) atoms. The Morgan fingerprint density at radius 3 is 1.31 bits per heavy atom. The molecule has 1 aliphatic rings. The molecule has 0 spiro atoms. The van der Waals surface area contributed by atoms with Gasteiger partial charge in [-0.3, -0.25) is 0 Å². The summed E-state index contributed by atoms with van der Waals surface area (Å²) in [5, 5.41) is 4.72. The molecule has 0 N–H and O–H groups in total. The quantitative estimate of drug-likeness (QED) is 0.395. The van der Waals surface area contributed by atoms with E-state index in [0.717, 1.165) is 21.5 Å². The van der Waals surface area contributed by atoms with E-state index in [1.807, 2.05) is 24.3 Å². The number of hydrogen-bond donors (Lipinski definition) is 0. The van der Waals surface area contributed by atoms with E-state index >= 15 is 0 Å². The molecule has 0 bridgehead atoms. The Bertz CT molecular complexity index is 1130. The molecule has 3 heteroatoms. The summed E-state index contributed by atoms with van der Waals surface area (Å²) in [6.45, 7) is 3.61. The van der Waals surface area contributed by atoms with Gasteiger partial charge >= 0.3 is 0 Å². The molecule has 0 aliphatic carbocycles. The zero-order valence-electron chi connectivity index (χ0n) is 16.3. The summed E-state index contributed by atoms with van der Waals surface area (Å²) in [5.74, 6) is -0.497. The first-order valence-corrected chi connectivity index (χ1v) is 11.8. The highest BCUT2D eigenvalue weighted by molar-refractivity contribution is 7.22. The van der Waals surface area contributed by atoms with Crippen molar-refractivity contribution < 1.29 is 8.78 Å². The molecule has 0 atom stereocenters. The van der Waals surface area contributed by atoms with E-state index in [9.17, 15) is 8.78 Å². The Balaban J connectivity index is 2.01. The van der Waals surface area contributed by atoms with Gasteiger partial charge < -0.3 is 0 Å². The zero-order valence-corrected chi connectivity index (χ0v) is 17.3. The van der Waals surface area contributed by atoms with Gasteiger partial charge in [0.05, 0.1) is 0 Å². The van der Waals surface area contributed by atoms with Crippen molar-refractivity contribution >= 4 is 28.8 Å². The molecule has 0 fully saturated rings. The highest BCUT2D eigenvalue weighted by Gasteiger charge is 2.49. The largest absolute Gasteiger partial charge is 0.207 e. The SMILES string of the molecule is Cc1cc2c(cc1F)-c1cc(F)c(C)cc1[Si]2(c1ccccc1)c1ccccc1. The first-order valence-electron chi connectivity index (χ1n) is 9.76. The molecule has 0 amide bonds. The average Bonchev–Trinajstić information content (AvgIpc) is 2.99. The molecule has 0 radical (unpaired) electrons. The van der Waals surface area contributed by atoms with E-state index in [2.05, 4.69) is 48.5 Å². The van der Waals surface area contributed by atoms with E-state index in [-0.39, 0.29) is 11.6 Å². The van der Waals surface area contributed by atoms with Crippen LogP contribution in [0.4, 0.5) is 8.78 Å². The third-order valence-corrected chi connectivity index (χ3v) is 11.0. The minimum atomic E-state index is -2.67. The van der Waals surface area contributed by atoms with Crippen LogP contribution in [0.1, 0.15) is 11.1 Å². The molecule has 0 aromatic heterocycles. The van der Waals surface area contributed by atoms with Crippen molar-refractivity contribution in [3.05, 3.63) is 108 Å². The lowest BCUT2D eigenvalue weighted by molar-refractivity contribution is 0.617. The van der Waals surface area contributed by atoms with Gasteiger partial charge in [0.15, 0.2) is 8.07 Å². The minimum Gasteiger partial charge on any atom is -0.207 e. The van der Waals surface area contributed by atoms with Gasteiger partial charge in [0.2, 0.25) is 0 Å². The maximum Gasteiger partial charge on any atom is 0.180 e. The van der Waals surface area contributed by atoms with Crippen molar-refractivity contribution in [3.63, 3.8) is 0 Å². The fraction of sp³-hybridized carbons (Fsp3) is 0.0769. The molecule has 4 aromatic carbocycles. The summed E-state index contributed by atoms with van der Waals surface area (Å²) in [5.41, 5.74) is 2.89. The maximum atomic E-state index is 14.6. The van der Waals surface area contributed by atoms with Crippen molar-refractivity contribution in [2.24, 2.45) is 0 Å². The highest BCUT2D eigenvalue weighted by atomic mass is 28.3. The van der Waals surface area contributed by atoms with Crippen LogP contribution in [0.3, 0.4) is 0 Å². The topological polar surface area (TPSA) is 0 Å². The molecule has 0 saturated carbocycles. The van der Waals surface area contributed by atoms with E-state index in [1.54, 1.807) is 26.0 Å². The van der Waals surface area contributed by atoms with Crippen LogP contribution < -0.4 is 20.7 Å². The number of halogens is 2. The number of hydrogen-bond acceptors (Lipinski definition) is 0. The van der Waals surface area contributed by atoms with Gasteiger partial charge in [-0.2, -0.15) is 0 Å². The van der Waals surface area contributed by atoms with E-state index in [4.69, 9.17) is 0 Å². The number of benzene rings is 4. The average molecular weight is 399 g/mol. The lowest BCUT2D eigenvalue weighted by atomic mass is 10.0. The summed E-state index contributed by atoms with van der Waals surface area (Å²) >= 11 is 0. The Morgan fingerprint density at radius 2 is 0.931 bits per heavy atom. The fourth-order valence-electron chi connectivity index (χ4n) is 4.74. The number of aryl methyl sites for hydroxylation is 2. The van der Waals surface area contributed by atoms with Gasteiger partial charge in [-0.25, -0.2) is 8.78 Å². The Labute approximate surface area is 170 Å². The predicted octanol–water partition coefficient (Wildman–Crippen LogP) is 3.94. The molecule has 4 aromatic rings. The van der Waals surface area contributed by atoms with Crippen LogP contribution in [0.2, 0.25) is 0 Å². The molecule has 142 valence electrons. The van der Waals surface area contributed by atoms with Gasteiger partial charge in [0.25, 0.3) is 0 Å². The normalized spacial score (nSPS) is 13.8. The standard InChI is InChI=1S/C26H20F2Si/c1-17-13-25-21(15-23(17)27)22-16-24(28)18(2)14-26(22)29(25,19-9-5-3-6-10-19)20-11-7-4-8-12-20/h3-16H,1-2H3. The van der Waals surface area contributed by atoms with Crippen molar-refractivity contribution in [1.29, 1.82) is 0 Å². The number of fused-ring (bicyclic) bond motifs is 3. The number of rotatable bonds is 2. The van der Waals surface area contributed by atoms with Gasteiger partial charge in [0.1, 0.15) is 11.6 Å². The maximum absolute atomic E-state index is 14.6. The van der Waals surface area contributed by atoms with Crippen molar-refractivity contribution in [3.8, 4) is 11.1 Å². The Hall–Kier alpha value is -3.04. The molecule has 5 rings (SSSR count). The second-order valence-electron chi connectivity index (χ2n) is 7.78. The summed E-state index contributed by atoms with van der Waals surface area (Å²) in [4.78, 5) is 0. The van der Waals surface area contributed by atoms with Gasteiger partial charge in [-0.15, -0.1) is 0 Å². The fourth-order valence-corrected chi connectivity index (χ4v) is 10.1. The van der Waals surface area contributed by atoms with Crippen LogP contribution in [0.15, 0.2) is 84.9 Å². The van der Waals surface area contributed by atoms with E-state index in [0.29, 0.717) is 11.1 Å². The molecular weight excluding hydrogens is 378 g/mol. The summed E-state index contributed by atoms with van der Waals surface area (Å²) < 4.78 is 29.3. The summed E-state index contributed by atoms with van der Waals surface area (Å²) in [6.07, 6.45) is 0. The van der Waals surface area contributed by atoms with Crippen LogP contribution in [0.25, 0.3) is 11.1 Å². The van der Waals surface area contributed by atoms with Crippen LogP contribution in [0, 0.1) is 25.5 Å². The van der Waals surface area contributed by atoms with Crippen LogP contribution >= 0.6 is 0 Å². The predicted molar refractivity (Wildman–Crippen MR) is 118 cm³/mol. The lowest BCUT2D eigenvalue weighted by Crippen LogP contribution is -2.72. The van der Waals surface area contributed by atoms with Gasteiger partial charge in [-0.05, 0) is 69.0 Å². The summed E-state index contributed by atoms with van der Waals surface area (Å²) in [6, 6.07) is 28.1. The smallest absolute Gasteiger partial charge is 0.180 e. The zero-order chi connectivity index (χ0) is 20.2. The third-order valence-electron chi connectivity index (χ3n) is 6.11.